The summed E-state index contributed by atoms with van der Waals surface area (Å²) in [5.74, 6) is 1.04. The van der Waals surface area contributed by atoms with Gasteiger partial charge in [0.15, 0.2) is 0 Å². The van der Waals surface area contributed by atoms with E-state index in [9.17, 15) is 4.79 Å². The Morgan fingerprint density at radius 2 is 1.80 bits per heavy atom. The van der Waals surface area contributed by atoms with Crippen LogP contribution < -0.4 is 4.74 Å². The van der Waals surface area contributed by atoms with Crippen molar-refractivity contribution >= 4 is 73.6 Å². The fourth-order valence-electron chi connectivity index (χ4n) is 0.964. The predicted molar refractivity (Wildman–Crippen MR) is 85.4 cm³/mol. The number of hydrogen-bond acceptors (Lipinski definition) is 2. The lowest BCUT2D eigenvalue weighted by molar-refractivity contribution is -0.117. The Morgan fingerprint density at radius 1 is 1.27 bits per heavy atom. The van der Waals surface area contributed by atoms with Gasteiger partial charge >= 0.3 is 0 Å². The second-order valence-corrected chi connectivity index (χ2v) is 6.57. The molecule has 0 saturated carbocycles. The number of rotatable bonds is 4. The number of ketones is 1. The van der Waals surface area contributed by atoms with E-state index in [-0.39, 0.29) is 5.78 Å². The van der Waals surface area contributed by atoms with Gasteiger partial charge in [0.05, 0.1) is 13.7 Å². The van der Waals surface area contributed by atoms with E-state index >= 15 is 0 Å². The molecule has 0 heterocycles. The molecule has 0 atom stereocenters. The van der Waals surface area contributed by atoms with Gasteiger partial charge in [-0.15, -0.1) is 0 Å². The maximum absolute atomic E-state index is 10.8. The number of benzene rings is 1. The zero-order valence-corrected chi connectivity index (χ0v) is 14.5. The summed E-state index contributed by atoms with van der Waals surface area (Å²) in [6.07, 6.45) is 0.470. The second kappa shape index (κ2) is 6.58. The van der Waals surface area contributed by atoms with Gasteiger partial charge < -0.3 is 4.74 Å². The minimum Gasteiger partial charge on any atom is -0.491 e. The topological polar surface area (TPSA) is 26.3 Å². The van der Waals surface area contributed by atoms with Gasteiger partial charge in [0, 0.05) is 9.99 Å². The lowest BCUT2D eigenvalue weighted by Crippen LogP contribution is -2.05. The maximum atomic E-state index is 10.8. The van der Waals surface area contributed by atoms with Crippen molar-refractivity contribution in [2.24, 2.45) is 0 Å². The van der Waals surface area contributed by atoms with Crippen molar-refractivity contribution in [1.29, 1.82) is 0 Å². The third-order valence-electron chi connectivity index (χ3n) is 1.66. The van der Waals surface area contributed by atoms with E-state index in [1.165, 1.54) is 3.57 Å². The van der Waals surface area contributed by atoms with Crippen LogP contribution in [0.15, 0.2) is 12.1 Å². The molecule has 82 valence electrons. The summed E-state index contributed by atoms with van der Waals surface area (Å²) in [6, 6.07) is 4.12. The van der Waals surface area contributed by atoms with Crippen LogP contribution in [-0.2, 0) is 4.79 Å². The Kier molecular flexibility index (Phi) is 6.11. The van der Waals surface area contributed by atoms with Crippen LogP contribution in [0.5, 0.6) is 5.75 Å². The Balaban J connectivity index is 2.72. The summed E-state index contributed by atoms with van der Waals surface area (Å²) >= 11 is 6.78. The highest BCUT2D eigenvalue weighted by atomic mass is 127. The molecule has 1 aromatic rings. The molecule has 0 aliphatic rings. The molecule has 5 heteroatoms. The third-order valence-corrected chi connectivity index (χ3v) is 3.89. The Bertz CT molecular complexity index is 354. The lowest BCUT2D eigenvalue weighted by Gasteiger charge is -2.09. The van der Waals surface area contributed by atoms with Gasteiger partial charge in [0.1, 0.15) is 11.5 Å². The van der Waals surface area contributed by atoms with Gasteiger partial charge in [0.25, 0.3) is 0 Å². The van der Waals surface area contributed by atoms with Crippen molar-refractivity contribution in [1.82, 2.24) is 0 Å². The van der Waals surface area contributed by atoms with Crippen LogP contribution >= 0.6 is 67.8 Å². The van der Waals surface area contributed by atoms with Crippen molar-refractivity contribution in [3.8, 4) is 5.75 Å². The predicted octanol–water partition coefficient (Wildman–Crippen LogP) is 3.86. The Morgan fingerprint density at radius 3 is 2.27 bits per heavy atom. The highest BCUT2D eigenvalue weighted by Crippen LogP contribution is 2.29. The summed E-state index contributed by atoms with van der Waals surface area (Å²) in [5.41, 5.74) is 0. The van der Waals surface area contributed by atoms with Gasteiger partial charge in [0.2, 0.25) is 0 Å². The first-order valence-corrected chi connectivity index (χ1v) is 7.51. The minimum absolute atomic E-state index is 0.158. The van der Waals surface area contributed by atoms with Crippen molar-refractivity contribution in [2.75, 3.05) is 6.61 Å². The molecule has 0 unspecified atom stereocenters. The molecule has 0 radical (unpaired) electrons. The van der Waals surface area contributed by atoms with Crippen molar-refractivity contribution in [2.45, 2.75) is 13.3 Å². The summed E-state index contributed by atoms with van der Waals surface area (Å²) in [6.45, 7) is 2.04. The van der Waals surface area contributed by atoms with E-state index in [2.05, 4.69) is 79.9 Å². The van der Waals surface area contributed by atoms with Crippen LogP contribution in [0.2, 0.25) is 0 Å². The summed E-state index contributed by atoms with van der Waals surface area (Å²) in [7, 11) is 0. The number of ether oxygens (including phenoxy) is 1. The fourth-order valence-corrected chi connectivity index (χ4v) is 4.86. The van der Waals surface area contributed by atoms with E-state index < -0.39 is 0 Å². The average molecular weight is 542 g/mol. The minimum atomic E-state index is 0.158. The molecule has 0 fully saturated rings. The van der Waals surface area contributed by atoms with Crippen LogP contribution in [0, 0.1) is 10.7 Å². The normalized spacial score (nSPS) is 10.1. The summed E-state index contributed by atoms with van der Waals surface area (Å²) < 4.78 is 8.97. The molecule has 0 saturated heterocycles. The number of hydrogen-bond donors (Lipinski definition) is 0. The van der Waals surface area contributed by atoms with E-state index in [1.807, 2.05) is 0 Å². The smallest absolute Gasteiger partial charge is 0.146 e. The van der Waals surface area contributed by atoms with Crippen molar-refractivity contribution < 1.29 is 9.53 Å². The Labute approximate surface area is 130 Å². The molecule has 0 aromatic heterocycles. The van der Waals surface area contributed by atoms with Gasteiger partial charge in [-0.05, 0) is 86.8 Å². The molecule has 0 spiro atoms. The van der Waals surface area contributed by atoms with Crippen LogP contribution in [0.25, 0.3) is 0 Å². The van der Waals surface area contributed by atoms with Crippen LogP contribution in [0.3, 0.4) is 0 Å². The first-order valence-electron chi connectivity index (χ1n) is 4.27. The molecule has 0 bridgehead atoms. The summed E-state index contributed by atoms with van der Waals surface area (Å²) in [4.78, 5) is 10.8. The number of halogens is 3. The quantitative estimate of drug-likeness (QED) is 0.541. The molecular weight excluding hydrogens is 533 g/mol. The average Bonchev–Trinajstić information content (AvgIpc) is 2.08. The van der Waals surface area contributed by atoms with Gasteiger partial charge in [-0.25, -0.2) is 0 Å². The van der Waals surface area contributed by atoms with Crippen LogP contribution in [0.1, 0.15) is 13.3 Å². The van der Waals surface area contributed by atoms with E-state index in [0.717, 1.165) is 12.9 Å². The Hall–Kier alpha value is 0.880. The van der Waals surface area contributed by atoms with E-state index in [1.54, 1.807) is 6.92 Å². The zero-order valence-electron chi connectivity index (χ0n) is 8.02. The molecule has 0 amide bonds. The first-order chi connectivity index (χ1) is 7.00. The van der Waals surface area contributed by atoms with Crippen LogP contribution in [0.4, 0.5) is 0 Å². The van der Waals surface area contributed by atoms with E-state index in [4.69, 9.17) is 4.74 Å². The molecule has 15 heavy (non-hydrogen) atoms. The highest BCUT2D eigenvalue weighted by Gasteiger charge is 2.08. The maximum Gasteiger partial charge on any atom is 0.146 e. The largest absolute Gasteiger partial charge is 0.491 e. The molecule has 2 nitrogen and oxygen atoms in total. The first kappa shape index (κ1) is 13.9. The molecular formula is C10H9I3O2. The molecule has 0 N–H and O–H groups in total. The monoisotopic (exact) mass is 542 g/mol. The van der Waals surface area contributed by atoms with Gasteiger partial charge in [-0.2, -0.15) is 0 Å². The zero-order chi connectivity index (χ0) is 11.4. The molecule has 1 rings (SSSR count). The van der Waals surface area contributed by atoms with E-state index in [0.29, 0.717) is 13.0 Å². The molecule has 0 aliphatic heterocycles. The van der Waals surface area contributed by atoms with Crippen LogP contribution in [-0.4, -0.2) is 12.4 Å². The lowest BCUT2D eigenvalue weighted by atomic mass is 10.3. The standard InChI is InChI=1S/C10H9I3O2/c1-6(14)2-3-15-10-8(12)4-7(11)5-9(10)13/h4-5H,2-3H2,1H3. The third kappa shape index (κ3) is 4.72. The van der Waals surface area contributed by atoms with Gasteiger partial charge in [-0.1, -0.05) is 0 Å². The summed E-state index contributed by atoms with van der Waals surface area (Å²) in [5, 5.41) is 0. The number of Topliss-reactive ketones (excluding diaryl/α,β-unsaturated/α-hetero) is 1. The molecule has 1 aromatic carbocycles. The van der Waals surface area contributed by atoms with Gasteiger partial charge in [-0.3, -0.25) is 4.79 Å². The van der Waals surface area contributed by atoms with Crippen molar-refractivity contribution in [3.63, 3.8) is 0 Å². The number of carbonyl (C=O) groups excluding carboxylic acids is 1. The number of carbonyl (C=O) groups is 1. The second-order valence-electron chi connectivity index (χ2n) is 3.00. The molecule has 0 aliphatic carbocycles. The SMILES string of the molecule is CC(=O)CCOc1c(I)cc(I)cc1I. The highest BCUT2D eigenvalue weighted by molar-refractivity contribution is 14.1. The fraction of sp³-hybridized carbons (Fsp3) is 0.300. The van der Waals surface area contributed by atoms with Crippen molar-refractivity contribution in [3.05, 3.63) is 22.8 Å².